The first-order chi connectivity index (χ1) is 6.29. The highest BCUT2D eigenvalue weighted by Crippen LogP contribution is 2.06. The van der Waals surface area contributed by atoms with Crippen LogP contribution < -0.4 is 0 Å². The highest BCUT2D eigenvalue weighted by molar-refractivity contribution is 5.73. The molecule has 0 aromatic heterocycles. The maximum Gasteiger partial charge on any atom is 0.352 e. The predicted octanol–water partition coefficient (Wildman–Crippen LogP) is -0.247. The third-order valence-corrected chi connectivity index (χ3v) is 1.39. The summed E-state index contributed by atoms with van der Waals surface area (Å²) in [5.41, 5.74) is 0. The average Bonchev–Trinajstić information content (AvgIpc) is 2.13. The van der Waals surface area contributed by atoms with Crippen LogP contribution in [0, 0.1) is 0 Å². The number of carbonyl (C=O) groups is 1. The van der Waals surface area contributed by atoms with Gasteiger partial charge in [0.1, 0.15) is 13.5 Å². The van der Waals surface area contributed by atoms with E-state index in [9.17, 15) is 4.79 Å². The minimum Gasteiger partial charge on any atom is -0.364 e. The van der Waals surface area contributed by atoms with E-state index >= 15 is 0 Å². The molecule has 1 aliphatic rings. The van der Waals surface area contributed by atoms with Crippen molar-refractivity contribution >= 4 is 6.03 Å². The van der Waals surface area contributed by atoms with Gasteiger partial charge < -0.3 is 9.47 Å². The van der Waals surface area contributed by atoms with Crippen LogP contribution in [0.3, 0.4) is 0 Å². The van der Waals surface area contributed by atoms with Crippen LogP contribution in [-0.4, -0.2) is 50.4 Å². The molecule has 0 unspecified atom stereocenters. The van der Waals surface area contributed by atoms with Gasteiger partial charge in [-0.25, -0.2) is 9.68 Å². The predicted molar refractivity (Wildman–Crippen MR) is 39.9 cm³/mol. The molecule has 0 aliphatic carbocycles. The van der Waals surface area contributed by atoms with Gasteiger partial charge in [-0.2, -0.15) is 0 Å². The highest BCUT2D eigenvalue weighted by atomic mass is 17.3. The Labute approximate surface area is 75.6 Å². The molecular formula is C6H12N2O5. The number of nitrogens with zero attached hydrogens (tertiary/aromatic N) is 2. The molecular weight excluding hydrogens is 180 g/mol. The zero-order valence-corrected chi connectivity index (χ0v) is 7.56. The van der Waals surface area contributed by atoms with Gasteiger partial charge in [0.2, 0.25) is 0 Å². The number of methoxy groups -OCH3 is 1. The zero-order valence-electron chi connectivity index (χ0n) is 7.56. The molecule has 0 bridgehead atoms. The quantitative estimate of drug-likeness (QED) is 0.454. The minimum atomic E-state index is -0.352. The smallest absolute Gasteiger partial charge is 0.352 e. The molecule has 0 saturated carbocycles. The van der Waals surface area contributed by atoms with Gasteiger partial charge >= 0.3 is 6.03 Å². The molecule has 7 nitrogen and oxygen atoms in total. The van der Waals surface area contributed by atoms with Crippen LogP contribution >= 0.6 is 0 Å². The van der Waals surface area contributed by atoms with Gasteiger partial charge in [-0.3, -0.25) is 4.90 Å². The lowest BCUT2D eigenvalue weighted by molar-refractivity contribution is -0.414. The summed E-state index contributed by atoms with van der Waals surface area (Å²) >= 11 is 0. The van der Waals surface area contributed by atoms with E-state index in [-0.39, 0.29) is 26.2 Å². The third kappa shape index (κ3) is 2.52. The van der Waals surface area contributed by atoms with Crippen LogP contribution in [0.1, 0.15) is 0 Å². The first kappa shape index (κ1) is 10.2. The van der Waals surface area contributed by atoms with Crippen LogP contribution in [0.5, 0.6) is 0 Å². The van der Waals surface area contributed by atoms with Gasteiger partial charge in [0.15, 0.2) is 6.73 Å². The molecule has 76 valence electrons. The second-order valence-corrected chi connectivity index (χ2v) is 2.32. The standard InChI is InChI=1S/C6H12N2O5/c1-10-3-7-4-12-5-8(6(7)9)13-11-2/h3-5H2,1-2H3. The van der Waals surface area contributed by atoms with E-state index in [1.54, 1.807) is 0 Å². The van der Waals surface area contributed by atoms with Crippen molar-refractivity contribution in [1.29, 1.82) is 0 Å². The van der Waals surface area contributed by atoms with Gasteiger partial charge in [-0.1, -0.05) is 0 Å². The lowest BCUT2D eigenvalue weighted by Crippen LogP contribution is -2.50. The zero-order chi connectivity index (χ0) is 9.68. The van der Waals surface area contributed by atoms with E-state index in [1.165, 1.54) is 19.1 Å². The van der Waals surface area contributed by atoms with Crippen molar-refractivity contribution in [2.75, 3.05) is 34.4 Å². The summed E-state index contributed by atoms with van der Waals surface area (Å²) in [7, 11) is 2.80. The maximum absolute atomic E-state index is 11.4. The lowest BCUT2D eigenvalue weighted by atomic mass is 10.7. The van der Waals surface area contributed by atoms with Gasteiger partial charge in [-0.05, 0) is 0 Å². The molecule has 2 amide bonds. The lowest BCUT2D eigenvalue weighted by Gasteiger charge is -2.32. The number of hydrogen-bond acceptors (Lipinski definition) is 5. The number of hydroxylamine groups is 2. The third-order valence-electron chi connectivity index (χ3n) is 1.39. The summed E-state index contributed by atoms with van der Waals surface area (Å²) in [6, 6.07) is -0.352. The topological polar surface area (TPSA) is 60.5 Å². The van der Waals surface area contributed by atoms with Crippen molar-refractivity contribution in [2.45, 2.75) is 0 Å². The Morgan fingerprint density at radius 2 is 2.23 bits per heavy atom. The number of amides is 2. The van der Waals surface area contributed by atoms with Crippen LogP contribution in [0.25, 0.3) is 0 Å². The van der Waals surface area contributed by atoms with Crippen LogP contribution in [-0.2, 0) is 19.3 Å². The molecule has 1 heterocycles. The van der Waals surface area contributed by atoms with Crippen molar-refractivity contribution in [3.05, 3.63) is 0 Å². The normalized spacial score (nSPS) is 18.2. The summed E-state index contributed by atoms with van der Waals surface area (Å²) in [4.78, 5) is 21.6. The number of carbonyl (C=O) groups excluding carboxylic acids is 1. The SMILES string of the molecule is COCN1COCN(OOC)C1=O. The molecule has 0 atom stereocenters. The van der Waals surface area contributed by atoms with E-state index < -0.39 is 0 Å². The second-order valence-electron chi connectivity index (χ2n) is 2.32. The Morgan fingerprint density at radius 3 is 2.85 bits per heavy atom. The first-order valence-corrected chi connectivity index (χ1v) is 3.63. The van der Waals surface area contributed by atoms with Crippen molar-refractivity contribution in [2.24, 2.45) is 0 Å². The molecule has 0 N–H and O–H groups in total. The molecule has 1 fully saturated rings. The molecule has 0 aromatic carbocycles. The van der Waals surface area contributed by atoms with Gasteiger partial charge in [0, 0.05) is 7.11 Å². The molecule has 1 saturated heterocycles. The van der Waals surface area contributed by atoms with Crippen LogP contribution in [0.15, 0.2) is 0 Å². The molecule has 0 radical (unpaired) electrons. The average molecular weight is 192 g/mol. The van der Waals surface area contributed by atoms with Gasteiger partial charge in [0.25, 0.3) is 0 Å². The summed E-state index contributed by atoms with van der Waals surface area (Å²) in [6.07, 6.45) is 0. The molecule has 0 spiro atoms. The fraction of sp³-hybridized carbons (Fsp3) is 0.833. The van der Waals surface area contributed by atoms with E-state index in [0.717, 1.165) is 5.06 Å². The number of ether oxygens (including phenoxy) is 2. The Hall–Kier alpha value is -0.890. The van der Waals surface area contributed by atoms with E-state index in [1.807, 2.05) is 0 Å². The van der Waals surface area contributed by atoms with E-state index in [4.69, 9.17) is 9.47 Å². The molecule has 13 heavy (non-hydrogen) atoms. The number of hydrogen-bond donors (Lipinski definition) is 0. The fourth-order valence-electron chi connectivity index (χ4n) is 0.894. The van der Waals surface area contributed by atoms with E-state index in [0.29, 0.717) is 0 Å². The maximum atomic E-state index is 11.4. The fourth-order valence-corrected chi connectivity index (χ4v) is 0.894. The minimum absolute atomic E-state index is 0.0485. The molecule has 1 rings (SSSR count). The second kappa shape index (κ2) is 4.97. The largest absolute Gasteiger partial charge is 0.364 e. The van der Waals surface area contributed by atoms with E-state index in [2.05, 4.69) is 9.88 Å². The van der Waals surface area contributed by atoms with Crippen molar-refractivity contribution < 1.29 is 24.1 Å². The van der Waals surface area contributed by atoms with Gasteiger partial charge in [0.05, 0.1) is 7.11 Å². The van der Waals surface area contributed by atoms with Crippen LogP contribution in [0.4, 0.5) is 4.79 Å². The Balaban J connectivity index is 2.45. The Bertz CT molecular complexity index is 156. The van der Waals surface area contributed by atoms with Crippen molar-refractivity contribution in [1.82, 2.24) is 9.96 Å². The molecule has 7 heteroatoms. The van der Waals surface area contributed by atoms with Crippen LogP contribution in [0.2, 0.25) is 0 Å². The number of rotatable bonds is 4. The summed E-state index contributed by atoms with van der Waals surface area (Å²) in [6.45, 7) is 0.394. The summed E-state index contributed by atoms with van der Waals surface area (Å²) in [5.74, 6) is 0. The highest BCUT2D eigenvalue weighted by Gasteiger charge is 2.27. The Morgan fingerprint density at radius 1 is 1.46 bits per heavy atom. The molecule has 1 aliphatic heterocycles. The summed E-state index contributed by atoms with van der Waals surface area (Å²) < 4.78 is 9.80. The molecule has 0 aromatic rings. The van der Waals surface area contributed by atoms with Crippen molar-refractivity contribution in [3.63, 3.8) is 0 Å². The number of urea groups is 1. The van der Waals surface area contributed by atoms with Crippen molar-refractivity contribution in [3.8, 4) is 0 Å². The summed E-state index contributed by atoms with van der Waals surface area (Å²) in [5, 5.41) is 0.947. The first-order valence-electron chi connectivity index (χ1n) is 3.63. The monoisotopic (exact) mass is 192 g/mol. The Kier molecular flexibility index (Phi) is 3.90. The van der Waals surface area contributed by atoms with Gasteiger partial charge in [-0.15, -0.1) is 10.1 Å².